The van der Waals surface area contributed by atoms with E-state index in [0.29, 0.717) is 10.1 Å². The molecule has 0 aromatic rings. The van der Waals surface area contributed by atoms with E-state index in [4.69, 9.17) is 32.7 Å². The van der Waals surface area contributed by atoms with Crippen LogP contribution in [0.25, 0.3) is 0 Å². The first-order valence-electron chi connectivity index (χ1n) is 6.74. The fourth-order valence-corrected chi connectivity index (χ4v) is 4.26. The monoisotopic (exact) mass is 306 g/mol. The second kappa shape index (κ2) is 5.72. The molecule has 0 saturated heterocycles. The summed E-state index contributed by atoms with van der Waals surface area (Å²) in [4.78, 5) is 12.5. The van der Waals surface area contributed by atoms with Crippen molar-refractivity contribution in [2.45, 2.75) is 38.4 Å². The van der Waals surface area contributed by atoms with Crippen LogP contribution in [0.1, 0.15) is 32.6 Å². The van der Waals surface area contributed by atoms with Crippen LogP contribution in [-0.2, 0) is 14.3 Å². The number of carbonyl (C=O) groups is 1. The molecular weight excluding hydrogens is 287 g/mol. The van der Waals surface area contributed by atoms with Gasteiger partial charge in [0, 0.05) is 30.2 Å². The number of unbranched alkanes of at least 4 members (excludes halogenated alkanes) is 2. The Balaban J connectivity index is 2.29. The number of hydrogen-bond acceptors (Lipinski definition) is 3. The minimum Gasteiger partial charge on any atom is -0.351 e. The number of rotatable bonds is 6. The molecule has 0 radical (unpaired) electrons. The first-order valence-corrected chi connectivity index (χ1v) is 7.49. The van der Waals surface area contributed by atoms with Crippen LogP contribution >= 0.6 is 23.2 Å². The van der Waals surface area contributed by atoms with Crippen molar-refractivity contribution in [1.82, 2.24) is 0 Å². The fraction of sp³-hybridized carbons (Fsp3) is 0.786. The first kappa shape index (κ1) is 15.3. The van der Waals surface area contributed by atoms with Crippen LogP contribution in [0.4, 0.5) is 0 Å². The largest absolute Gasteiger partial charge is 0.351 e. The van der Waals surface area contributed by atoms with E-state index in [1.807, 2.05) is 0 Å². The van der Waals surface area contributed by atoms with Crippen LogP contribution in [0.15, 0.2) is 10.1 Å². The lowest BCUT2D eigenvalue weighted by Crippen LogP contribution is -2.41. The molecule has 3 nitrogen and oxygen atoms in total. The van der Waals surface area contributed by atoms with Gasteiger partial charge in [0.25, 0.3) is 0 Å². The van der Waals surface area contributed by atoms with Crippen molar-refractivity contribution in [3.8, 4) is 0 Å². The predicted octanol–water partition coefficient (Wildman–Crippen LogP) is 3.69. The number of methoxy groups -OCH3 is 2. The van der Waals surface area contributed by atoms with Crippen molar-refractivity contribution < 1.29 is 14.3 Å². The summed E-state index contributed by atoms with van der Waals surface area (Å²) < 4.78 is 11.1. The van der Waals surface area contributed by atoms with E-state index in [2.05, 4.69) is 6.92 Å². The topological polar surface area (TPSA) is 35.5 Å². The van der Waals surface area contributed by atoms with Gasteiger partial charge in [-0.05, 0) is 6.42 Å². The summed E-state index contributed by atoms with van der Waals surface area (Å²) in [5.74, 6) is -1.84. The summed E-state index contributed by atoms with van der Waals surface area (Å²) in [6.07, 6.45) is 4.08. The van der Waals surface area contributed by atoms with E-state index in [0.717, 1.165) is 25.7 Å². The van der Waals surface area contributed by atoms with Crippen molar-refractivity contribution in [3.63, 3.8) is 0 Å². The minimum atomic E-state index is -0.998. The summed E-state index contributed by atoms with van der Waals surface area (Å²) in [6.45, 7) is 2.14. The predicted molar refractivity (Wildman–Crippen MR) is 75.1 cm³/mol. The number of Topliss-reactive ketones (excluding diaryl/α,β-unsaturated/α-hetero) is 1. The average Bonchev–Trinajstić information content (AvgIpc) is 2.78. The molecule has 5 heteroatoms. The Morgan fingerprint density at radius 2 is 1.79 bits per heavy atom. The van der Waals surface area contributed by atoms with Crippen LogP contribution in [0.2, 0.25) is 0 Å². The highest BCUT2D eigenvalue weighted by molar-refractivity contribution is 6.42. The Hall–Kier alpha value is -0.0900. The second-order valence-corrected chi connectivity index (χ2v) is 6.06. The van der Waals surface area contributed by atoms with Gasteiger partial charge in [0.15, 0.2) is 11.6 Å². The van der Waals surface area contributed by atoms with Gasteiger partial charge in [0.2, 0.25) is 0 Å². The van der Waals surface area contributed by atoms with Gasteiger partial charge >= 0.3 is 0 Å². The second-order valence-electron chi connectivity index (χ2n) is 5.24. The zero-order valence-corrected chi connectivity index (χ0v) is 13.1. The highest BCUT2D eigenvalue weighted by Crippen LogP contribution is 2.61. The normalized spacial score (nSPS) is 32.5. The zero-order chi connectivity index (χ0) is 14.2. The third kappa shape index (κ3) is 2.06. The molecule has 0 amide bonds. The molecule has 0 aromatic heterocycles. The number of carbonyl (C=O) groups excluding carboxylic acids is 1. The molecule has 1 saturated carbocycles. The zero-order valence-electron chi connectivity index (χ0n) is 11.5. The Kier molecular flexibility index (Phi) is 4.61. The van der Waals surface area contributed by atoms with Gasteiger partial charge in [-0.25, -0.2) is 0 Å². The summed E-state index contributed by atoms with van der Waals surface area (Å²) in [5.41, 5.74) is 0. The summed E-state index contributed by atoms with van der Waals surface area (Å²) >= 11 is 12.5. The van der Waals surface area contributed by atoms with Gasteiger partial charge in [-0.1, -0.05) is 49.4 Å². The molecule has 2 aliphatic rings. The van der Waals surface area contributed by atoms with Crippen LogP contribution < -0.4 is 0 Å². The van der Waals surface area contributed by atoms with Crippen molar-refractivity contribution in [1.29, 1.82) is 0 Å². The smallest absolute Gasteiger partial charge is 0.190 e. The molecule has 0 aromatic carbocycles. The molecule has 0 spiro atoms. The van der Waals surface area contributed by atoms with Gasteiger partial charge in [-0.15, -0.1) is 0 Å². The number of hydrogen-bond donors (Lipinski definition) is 0. The molecule has 2 bridgehead atoms. The SMILES string of the molecule is CCCCC[C@@H]1C(=O)[C@@H]2C(Cl)=C(Cl)[C@H]1C2(OC)OC. The lowest BCUT2D eigenvalue weighted by Gasteiger charge is -2.31. The maximum atomic E-state index is 12.5. The molecule has 2 rings (SSSR count). The van der Waals surface area contributed by atoms with Crippen LogP contribution in [0, 0.1) is 17.8 Å². The van der Waals surface area contributed by atoms with E-state index < -0.39 is 11.7 Å². The third-order valence-corrected chi connectivity index (χ3v) is 5.36. The molecule has 0 heterocycles. The van der Waals surface area contributed by atoms with Gasteiger partial charge in [-0.3, -0.25) is 4.79 Å². The summed E-state index contributed by atoms with van der Waals surface area (Å²) in [6, 6.07) is 0. The van der Waals surface area contributed by atoms with Gasteiger partial charge in [0.05, 0.1) is 5.92 Å². The Morgan fingerprint density at radius 3 is 2.26 bits per heavy atom. The van der Waals surface area contributed by atoms with Gasteiger partial charge in [0.1, 0.15) is 5.92 Å². The van der Waals surface area contributed by atoms with Crippen LogP contribution in [-0.4, -0.2) is 25.8 Å². The summed E-state index contributed by atoms with van der Waals surface area (Å²) in [5, 5.41) is 0.934. The molecular formula is C14H20Cl2O3. The summed E-state index contributed by atoms with van der Waals surface area (Å²) in [7, 11) is 3.09. The Labute approximate surface area is 124 Å². The van der Waals surface area contributed by atoms with Crippen molar-refractivity contribution >= 4 is 29.0 Å². The molecule has 19 heavy (non-hydrogen) atoms. The molecule has 1 fully saturated rings. The highest BCUT2D eigenvalue weighted by atomic mass is 35.5. The van der Waals surface area contributed by atoms with Crippen molar-refractivity contribution in [2.75, 3.05) is 14.2 Å². The van der Waals surface area contributed by atoms with E-state index in [9.17, 15) is 4.79 Å². The van der Waals surface area contributed by atoms with Gasteiger partial charge < -0.3 is 9.47 Å². The first-order chi connectivity index (χ1) is 9.05. The molecule has 108 valence electrons. The molecule has 0 unspecified atom stereocenters. The van der Waals surface area contributed by atoms with E-state index in [-0.39, 0.29) is 17.6 Å². The Morgan fingerprint density at radius 1 is 1.16 bits per heavy atom. The van der Waals surface area contributed by atoms with Crippen LogP contribution in [0.3, 0.4) is 0 Å². The number of ketones is 1. The number of ether oxygens (including phenoxy) is 2. The molecule has 2 aliphatic carbocycles. The number of halogens is 2. The average molecular weight is 307 g/mol. The Bertz CT molecular complexity index is 401. The van der Waals surface area contributed by atoms with Crippen LogP contribution in [0.5, 0.6) is 0 Å². The standard InChI is InChI=1S/C14H20Cl2O3/c1-4-5-6-7-8-9-11(15)12(16)10(13(8)17)14(9,18-2)19-3/h8-10H,4-7H2,1-3H3/t8-,9-,10-/m0/s1. The van der Waals surface area contributed by atoms with E-state index in [1.165, 1.54) is 0 Å². The quantitative estimate of drug-likeness (QED) is 0.554. The number of fused-ring (bicyclic) bond motifs is 2. The van der Waals surface area contributed by atoms with Crippen molar-refractivity contribution in [2.24, 2.45) is 17.8 Å². The molecule has 0 aliphatic heterocycles. The van der Waals surface area contributed by atoms with Crippen molar-refractivity contribution in [3.05, 3.63) is 10.1 Å². The lowest BCUT2D eigenvalue weighted by atomic mass is 9.87. The molecule has 3 atom stereocenters. The van der Waals surface area contributed by atoms with E-state index in [1.54, 1.807) is 14.2 Å². The maximum Gasteiger partial charge on any atom is 0.190 e. The van der Waals surface area contributed by atoms with E-state index >= 15 is 0 Å². The highest BCUT2D eigenvalue weighted by Gasteiger charge is 2.68. The molecule has 0 N–H and O–H groups in total. The fourth-order valence-electron chi connectivity index (χ4n) is 3.47. The van der Waals surface area contributed by atoms with Gasteiger partial charge in [-0.2, -0.15) is 0 Å². The minimum absolute atomic E-state index is 0.110. The lowest BCUT2D eigenvalue weighted by molar-refractivity contribution is -0.232. The maximum absolute atomic E-state index is 12.5. The third-order valence-electron chi connectivity index (χ3n) is 4.40.